The fourth-order valence-electron chi connectivity index (χ4n) is 1.59. The molecule has 6 heteroatoms. The predicted molar refractivity (Wildman–Crippen MR) is 77.9 cm³/mol. The number of aromatic hydroxyl groups is 1. The van der Waals surface area contributed by atoms with E-state index in [0.29, 0.717) is 6.42 Å². The lowest BCUT2D eigenvalue weighted by Crippen LogP contribution is -2.41. The van der Waals surface area contributed by atoms with Crippen LogP contribution < -0.4 is 5.32 Å². The van der Waals surface area contributed by atoms with Gasteiger partial charge in [-0.05, 0) is 30.7 Å². The molecule has 0 bridgehead atoms. The third-order valence-corrected chi connectivity index (χ3v) is 3.70. The molecule has 0 aliphatic heterocycles. The van der Waals surface area contributed by atoms with E-state index < -0.39 is 12.0 Å². The predicted octanol–water partition coefficient (Wildman–Crippen LogP) is 2.24. The molecule has 0 aliphatic carbocycles. The van der Waals surface area contributed by atoms with E-state index in [-0.39, 0.29) is 17.4 Å². The van der Waals surface area contributed by atoms with Crippen molar-refractivity contribution >= 4 is 23.6 Å². The smallest absolute Gasteiger partial charge is 0.326 e. The van der Waals surface area contributed by atoms with Crippen LogP contribution in [0.25, 0.3) is 0 Å². The first-order valence-corrected chi connectivity index (χ1v) is 7.45. The van der Waals surface area contributed by atoms with Crippen molar-refractivity contribution in [2.45, 2.75) is 37.1 Å². The fourth-order valence-corrected chi connectivity index (χ4v) is 2.30. The maximum atomic E-state index is 11.7. The Balaban J connectivity index is 2.41. The second-order valence-electron chi connectivity index (χ2n) is 4.38. The van der Waals surface area contributed by atoms with Gasteiger partial charge in [0.2, 0.25) is 5.91 Å². The number of phenols is 1. The van der Waals surface area contributed by atoms with Crippen molar-refractivity contribution in [3.8, 4) is 5.75 Å². The number of carboxylic acids is 1. The quantitative estimate of drug-likeness (QED) is 0.641. The van der Waals surface area contributed by atoms with E-state index in [4.69, 9.17) is 10.2 Å². The number of nitrogens with one attached hydrogen (secondary N) is 1. The first-order valence-electron chi connectivity index (χ1n) is 6.47. The van der Waals surface area contributed by atoms with Crippen LogP contribution in [0.5, 0.6) is 5.75 Å². The molecule has 0 heterocycles. The molecular weight excluding hydrogens is 278 g/mol. The van der Waals surface area contributed by atoms with Crippen LogP contribution in [0, 0.1) is 0 Å². The number of hydrogen-bond donors (Lipinski definition) is 3. The van der Waals surface area contributed by atoms with Crippen molar-refractivity contribution < 1.29 is 19.8 Å². The van der Waals surface area contributed by atoms with Gasteiger partial charge < -0.3 is 15.5 Å². The molecule has 1 atom stereocenters. The number of thioether (sulfide) groups is 1. The number of carboxylic acid groups (broad SMARTS) is 1. The van der Waals surface area contributed by atoms with Gasteiger partial charge in [-0.1, -0.05) is 19.8 Å². The van der Waals surface area contributed by atoms with E-state index in [9.17, 15) is 9.59 Å². The van der Waals surface area contributed by atoms with Gasteiger partial charge in [-0.25, -0.2) is 4.79 Å². The molecule has 1 unspecified atom stereocenters. The van der Waals surface area contributed by atoms with E-state index in [0.717, 1.165) is 17.7 Å². The average molecular weight is 297 g/mol. The molecule has 20 heavy (non-hydrogen) atoms. The Hall–Kier alpha value is -1.69. The van der Waals surface area contributed by atoms with Crippen molar-refractivity contribution in [2.75, 3.05) is 5.75 Å². The summed E-state index contributed by atoms with van der Waals surface area (Å²) >= 11 is 1.30. The lowest BCUT2D eigenvalue weighted by atomic mass is 10.1. The van der Waals surface area contributed by atoms with E-state index in [1.807, 2.05) is 6.92 Å². The molecule has 0 saturated heterocycles. The number of phenolic OH excluding ortho intramolecular Hbond substituents is 1. The topological polar surface area (TPSA) is 86.6 Å². The minimum atomic E-state index is -0.999. The van der Waals surface area contributed by atoms with Crippen LogP contribution in [0.2, 0.25) is 0 Å². The second-order valence-corrected chi connectivity index (χ2v) is 5.43. The molecule has 1 rings (SSSR count). The molecule has 0 radical (unpaired) electrons. The van der Waals surface area contributed by atoms with Gasteiger partial charge >= 0.3 is 5.97 Å². The highest BCUT2D eigenvalue weighted by Crippen LogP contribution is 2.20. The van der Waals surface area contributed by atoms with Gasteiger partial charge in [0.15, 0.2) is 0 Å². The van der Waals surface area contributed by atoms with Crippen molar-refractivity contribution in [3.05, 3.63) is 24.3 Å². The van der Waals surface area contributed by atoms with Crippen molar-refractivity contribution in [1.29, 1.82) is 0 Å². The van der Waals surface area contributed by atoms with Gasteiger partial charge in [0.25, 0.3) is 0 Å². The molecule has 0 fully saturated rings. The Kier molecular flexibility index (Phi) is 6.93. The highest BCUT2D eigenvalue weighted by Gasteiger charge is 2.18. The first-order chi connectivity index (χ1) is 9.52. The standard InChI is InChI=1S/C14H19NO4S/c1-2-3-4-12(14(18)19)15-13(17)9-20-11-7-5-10(16)6-8-11/h5-8,12,16H,2-4,9H2,1H3,(H,15,17)(H,18,19). The van der Waals surface area contributed by atoms with Gasteiger partial charge in [-0.3, -0.25) is 4.79 Å². The van der Waals surface area contributed by atoms with E-state index >= 15 is 0 Å². The van der Waals surface area contributed by atoms with Crippen LogP contribution in [0.4, 0.5) is 0 Å². The first kappa shape index (κ1) is 16.4. The number of unbranched alkanes of at least 4 members (excludes halogenated alkanes) is 1. The molecule has 1 aromatic rings. The number of hydrogen-bond acceptors (Lipinski definition) is 4. The van der Waals surface area contributed by atoms with Gasteiger partial charge in [0, 0.05) is 4.90 Å². The maximum Gasteiger partial charge on any atom is 0.326 e. The molecule has 110 valence electrons. The normalized spacial score (nSPS) is 11.8. The Morgan fingerprint density at radius 3 is 2.50 bits per heavy atom. The average Bonchev–Trinajstić information content (AvgIpc) is 2.42. The molecule has 0 saturated carbocycles. The second kappa shape index (κ2) is 8.47. The highest BCUT2D eigenvalue weighted by atomic mass is 32.2. The van der Waals surface area contributed by atoms with Crippen LogP contribution in [0.15, 0.2) is 29.2 Å². The largest absolute Gasteiger partial charge is 0.508 e. The summed E-state index contributed by atoms with van der Waals surface area (Å²) in [6, 6.07) is 5.68. The molecule has 1 amide bonds. The summed E-state index contributed by atoms with van der Waals surface area (Å²) in [6.45, 7) is 1.97. The number of carbonyl (C=O) groups excluding carboxylic acids is 1. The number of aliphatic carboxylic acids is 1. The summed E-state index contributed by atoms with van der Waals surface area (Å²) in [6.07, 6.45) is 2.10. The highest BCUT2D eigenvalue weighted by molar-refractivity contribution is 8.00. The zero-order chi connectivity index (χ0) is 15.0. The monoisotopic (exact) mass is 297 g/mol. The van der Waals surface area contributed by atoms with Gasteiger partial charge in [-0.15, -0.1) is 11.8 Å². The number of rotatable bonds is 8. The van der Waals surface area contributed by atoms with Gasteiger partial charge in [0.05, 0.1) is 5.75 Å². The molecule has 5 nitrogen and oxygen atoms in total. The zero-order valence-corrected chi connectivity index (χ0v) is 12.2. The van der Waals surface area contributed by atoms with Crippen LogP contribution in [0.1, 0.15) is 26.2 Å². The Morgan fingerprint density at radius 1 is 1.30 bits per heavy atom. The van der Waals surface area contributed by atoms with Crippen LogP contribution in [-0.4, -0.2) is 33.9 Å². The summed E-state index contributed by atoms with van der Waals surface area (Å²) in [7, 11) is 0. The maximum absolute atomic E-state index is 11.7. The van der Waals surface area contributed by atoms with E-state index in [1.165, 1.54) is 11.8 Å². The number of amides is 1. The lowest BCUT2D eigenvalue weighted by molar-refractivity contribution is -0.141. The van der Waals surface area contributed by atoms with Crippen LogP contribution >= 0.6 is 11.8 Å². The lowest BCUT2D eigenvalue weighted by Gasteiger charge is -2.13. The van der Waals surface area contributed by atoms with E-state index in [2.05, 4.69) is 5.32 Å². The summed E-state index contributed by atoms with van der Waals surface area (Å²) in [5.74, 6) is -0.974. The van der Waals surface area contributed by atoms with Crippen LogP contribution in [-0.2, 0) is 9.59 Å². The minimum absolute atomic E-state index is 0.153. The molecule has 0 aromatic heterocycles. The number of benzene rings is 1. The van der Waals surface area contributed by atoms with Gasteiger partial charge in [-0.2, -0.15) is 0 Å². The minimum Gasteiger partial charge on any atom is -0.508 e. The summed E-state index contributed by atoms with van der Waals surface area (Å²) < 4.78 is 0. The fraction of sp³-hybridized carbons (Fsp3) is 0.429. The molecule has 3 N–H and O–H groups in total. The summed E-state index contributed by atoms with van der Waals surface area (Å²) in [5, 5.41) is 20.7. The van der Waals surface area contributed by atoms with Crippen molar-refractivity contribution in [1.82, 2.24) is 5.32 Å². The Bertz CT molecular complexity index is 447. The molecular formula is C14H19NO4S. The van der Waals surface area contributed by atoms with Crippen molar-refractivity contribution in [3.63, 3.8) is 0 Å². The Labute approximate surface area is 122 Å². The zero-order valence-electron chi connectivity index (χ0n) is 11.3. The van der Waals surface area contributed by atoms with Crippen LogP contribution in [0.3, 0.4) is 0 Å². The van der Waals surface area contributed by atoms with E-state index in [1.54, 1.807) is 24.3 Å². The third kappa shape index (κ3) is 5.97. The molecule has 1 aromatic carbocycles. The van der Waals surface area contributed by atoms with Gasteiger partial charge in [0.1, 0.15) is 11.8 Å². The van der Waals surface area contributed by atoms with Crippen molar-refractivity contribution in [2.24, 2.45) is 0 Å². The molecule has 0 aliphatic rings. The summed E-state index contributed by atoms with van der Waals surface area (Å²) in [5.41, 5.74) is 0. The summed E-state index contributed by atoms with van der Waals surface area (Å²) in [4.78, 5) is 23.6. The molecule has 0 spiro atoms. The SMILES string of the molecule is CCCCC(NC(=O)CSc1ccc(O)cc1)C(=O)O. The third-order valence-electron chi connectivity index (χ3n) is 2.69. The number of carbonyl (C=O) groups is 2. The Morgan fingerprint density at radius 2 is 1.95 bits per heavy atom.